The first-order valence-electron chi connectivity index (χ1n) is 8.71. The number of hydrogen-bond acceptors (Lipinski definition) is 7. The third kappa shape index (κ3) is 4.71. The van der Waals surface area contributed by atoms with E-state index in [1.165, 1.54) is 0 Å². The van der Waals surface area contributed by atoms with E-state index < -0.39 is 36.3 Å². The highest BCUT2D eigenvalue weighted by atomic mass is 16.6. The third-order valence-electron chi connectivity index (χ3n) is 4.29. The highest BCUT2D eigenvalue weighted by molar-refractivity contribution is 5.90. The second-order valence-corrected chi connectivity index (χ2v) is 6.12. The Kier molecular flexibility index (Phi) is 6.43. The minimum absolute atomic E-state index is 0.181. The Morgan fingerprint density at radius 3 is 2.10 bits per heavy atom. The Morgan fingerprint density at radius 2 is 1.59 bits per heavy atom. The monoisotopic (exact) mass is 392 g/mol. The van der Waals surface area contributed by atoms with E-state index in [1.54, 1.807) is 60.7 Å². The maximum absolute atomic E-state index is 12.4. The molecule has 1 aliphatic heterocycles. The number of rotatable bonds is 5. The number of azide groups is 1. The van der Waals surface area contributed by atoms with Crippen LogP contribution in [0.5, 0.6) is 0 Å². The summed E-state index contributed by atoms with van der Waals surface area (Å²) >= 11 is 0. The van der Waals surface area contributed by atoms with Crippen LogP contribution in [0.25, 0.3) is 10.4 Å². The van der Waals surface area contributed by atoms with Crippen LogP contribution in [0.1, 0.15) is 20.7 Å². The predicted octanol–water partition coefficient (Wildman–Crippen LogP) is 3.04. The van der Waals surface area contributed by atoms with E-state index in [2.05, 4.69) is 10.0 Å². The molecular formula is C20H16N4O5. The van der Waals surface area contributed by atoms with E-state index in [9.17, 15) is 14.9 Å². The van der Waals surface area contributed by atoms with Crippen LogP contribution in [0.3, 0.4) is 0 Å². The van der Waals surface area contributed by atoms with Crippen molar-refractivity contribution in [3.63, 3.8) is 0 Å². The van der Waals surface area contributed by atoms with Gasteiger partial charge >= 0.3 is 11.9 Å². The third-order valence-corrected chi connectivity index (χ3v) is 4.29. The van der Waals surface area contributed by atoms with Gasteiger partial charge in [0.15, 0.2) is 12.2 Å². The van der Waals surface area contributed by atoms with Crippen molar-refractivity contribution in [3.8, 4) is 6.07 Å². The Balaban J connectivity index is 1.82. The summed E-state index contributed by atoms with van der Waals surface area (Å²) in [6.45, 7) is -0.181. The molecule has 0 aromatic heterocycles. The van der Waals surface area contributed by atoms with Crippen molar-refractivity contribution in [2.24, 2.45) is 5.11 Å². The highest BCUT2D eigenvalue weighted by Crippen LogP contribution is 2.25. The molecule has 1 fully saturated rings. The summed E-state index contributed by atoms with van der Waals surface area (Å²) in [6, 6.07) is 17.1. The van der Waals surface area contributed by atoms with Gasteiger partial charge in [-0.3, -0.25) is 0 Å². The van der Waals surface area contributed by atoms with Crippen molar-refractivity contribution >= 4 is 11.9 Å². The van der Waals surface area contributed by atoms with Crippen molar-refractivity contribution in [1.82, 2.24) is 0 Å². The first kappa shape index (κ1) is 19.9. The fraction of sp³-hybridized carbons (Fsp3) is 0.250. The van der Waals surface area contributed by atoms with Gasteiger partial charge in [-0.15, -0.1) is 0 Å². The van der Waals surface area contributed by atoms with Crippen LogP contribution in [0.15, 0.2) is 65.8 Å². The molecular weight excluding hydrogens is 376 g/mol. The lowest BCUT2D eigenvalue weighted by Crippen LogP contribution is -2.54. The van der Waals surface area contributed by atoms with Gasteiger partial charge in [0, 0.05) is 4.91 Å². The van der Waals surface area contributed by atoms with E-state index in [-0.39, 0.29) is 12.2 Å². The van der Waals surface area contributed by atoms with E-state index >= 15 is 0 Å². The summed E-state index contributed by atoms with van der Waals surface area (Å²) in [5.74, 6) is -1.37. The molecule has 0 amide bonds. The smallest absolute Gasteiger partial charge is 0.338 e. The number of esters is 2. The Labute approximate surface area is 166 Å². The Bertz CT molecular complexity index is 954. The van der Waals surface area contributed by atoms with Gasteiger partial charge < -0.3 is 14.2 Å². The predicted molar refractivity (Wildman–Crippen MR) is 99.6 cm³/mol. The van der Waals surface area contributed by atoms with Crippen molar-refractivity contribution in [3.05, 3.63) is 82.2 Å². The molecule has 0 saturated carbocycles. The van der Waals surface area contributed by atoms with E-state index in [0.29, 0.717) is 5.56 Å². The average molecular weight is 392 g/mol. The normalized spacial score (nSPS) is 23.1. The number of benzene rings is 2. The lowest BCUT2D eigenvalue weighted by Gasteiger charge is -2.36. The van der Waals surface area contributed by atoms with Gasteiger partial charge in [0.1, 0.15) is 12.1 Å². The molecule has 1 heterocycles. The fourth-order valence-electron chi connectivity index (χ4n) is 2.87. The minimum Gasteiger partial charge on any atom is -0.456 e. The molecule has 0 aliphatic carbocycles. The molecule has 1 aliphatic rings. The topological polar surface area (TPSA) is 134 Å². The number of carbonyl (C=O) groups is 2. The molecule has 2 aromatic carbocycles. The lowest BCUT2D eigenvalue weighted by atomic mass is 9.98. The highest BCUT2D eigenvalue weighted by Gasteiger charge is 2.45. The molecule has 2 aromatic rings. The van der Waals surface area contributed by atoms with Gasteiger partial charge in [0.2, 0.25) is 0 Å². The van der Waals surface area contributed by atoms with Gasteiger partial charge in [-0.25, -0.2) is 9.59 Å². The second-order valence-electron chi connectivity index (χ2n) is 6.12. The van der Waals surface area contributed by atoms with Crippen molar-refractivity contribution in [2.75, 3.05) is 6.61 Å². The fourth-order valence-corrected chi connectivity index (χ4v) is 2.87. The van der Waals surface area contributed by atoms with Crippen LogP contribution in [-0.2, 0) is 14.2 Å². The van der Waals surface area contributed by atoms with Crippen molar-refractivity contribution in [2.45, 2.75) is 24.4 Å². The summed E-state index contributed by atoms with van der Waals surface area (Å²) in [6.07, 6.45) is -3.45. The van der Waals surface area contributed by atoms with Crippen molar-refractivity contribution in [1.29, 1.82) is 5.26 Å². The largest absolute Gasteiger partial charge is 0.456 e. The maximum atomic E-state index is 12.4. The van der Waals surface area contributed by atoms with Crippen LogP contribution in [0.2, 0.25) is 0 Å². The molecule has 146 valence electrons. The van der Waals surface area contributed by atoms with Crippen LogP contribution in [0.4, 0.5) is 0 Å². The maximum Gasteiger partial charge on any atom is 0.338 e. The van der Waals surface area contributed by atoms with Crippen LogP contribution < -0.4 is 0 Å². The molecule has 0 radical (unpaired) electrons. The molecule has 0 spiro atoms. The zero-order valence-corrected chi connectivity index (χ0v) is 15.1. The van der Waals surface area contributed by atoms with Crippen LogP contribution in [-0.4, -0.2) is 42.9 Å². The van der Waals surface area contributed by atoms with Gasteiger partial charge in [0.25, 0.3) is 0 Å². The minimum atomic E-state index is -1.24. The van der Waals surface area contributed by atoms with Gasteiger partial charge in [0.05, 0.1) is 23.8 Å². The SMILES string of the molecule is N#C[C@H]1OC[C@@H](OC(=O)c2ccccc2)[C@@H](N=[N+]=[N-])[C@H]1OC(=O)c1ccccc1. The molecule has 0 N–H and O–H groups in total. The van der Waals surface area contributed by atoms with Gasteiger partial charge in [-0.1, -0.05) is 41.5 Å². The van der Waals surface area contributed by atoms with E-state index in [4.69, 9.17) is 19.7 Å². The molecule has 9 heteroatoms. The number of ether oxygens (including phenoxy) is 3. The van der Waals surface area contributed by atoms with Crippen LogP contribution in [0, 0.1) is 11.3 Å². The quantitative estimate of drug-likeness (QED) is 0.332. The zero-order valence-electron chi connectivity index (χ0n) is 15.1. The Morgan fingerprint density at radius 1 is 1.03 bits per heavy atom. The standard InChI is InChI=1S/C20H16N4O5/c21-11-15-18(29-20(26)14-9-5-2-6-10-14)17(23-24-22)16(12-27-15)28-19(25)13-7-3-1-4-8-13/h1-10,15-18H,12H2/t15-,16-,17-,18+/m1/s1. The van der Waals surface area contributed by atoms with Crippen molar-refractivity contribution < 1.29 is 23.8 Å². The summed E-state index contributed by atoms with van der Waals surface area (Å²) in [4.78, 5) is 27.6. The van der Waals surface area contributed by atoms with Gasteiger partial charge in [-0.2, -0.15) is 5.26 Å². The summed E-state index contributed by atoms with van der Waals surface area (Å²) in [5.41, 5.74) is 9.52. The zero-order chi connectivity index (χ0) is 20.6. The van der Waals surface area contributed by atoms with Gasteiger partial charge in [-0.05, 0) is 29.8 Å². The molecule has 3 rings (SSSR count). The summed E-state index contributed by atoms with van der Waals surface area (Å²) in [7, 11) is 0. The summed E-state index contributed by atoms with van der Waals surface area (Å²) < 4.78 is 16.2. The molecule has 9 nitrogen and oxygen atoms in total. The lowest BCUT2D eigenvalue weighted by molar-refractivity contribution is -0.122. The second kappa shape index (κ2) is 9.37. The number of hydrogen-bond donors (Lipinski definition) is 0. The van der Waals surface area contributed by atoms with Crippen LogP contribution >= 0.6 is 0 Å². The number of nitriles is 1. The number of nitrogens with zero attached hydrogens (tertiary/aromatic N) is 4. The van der Waals surface area contributed by atoms with E-state index in [0.717, 1.165) is 0 Å². The molecule has 1 saturated heterocycles. The average Bonchev–Trinajstić information content (AvgIpc) is 2.77. The first-order valence-corrected chi connectivity index (χ1v) is 8.71. The molecule has 4 atom stereocenters. The molecule has 29 heavy (non-hydrogen) atoms. The number of carbonyl (C=O) groups excluding carboxylic acids is 2. The summed E-state index contributed by atoms with van der Waals surface area (Å²) in [5, 5.41) is 13.0. The molecule has 0 unspecified atom stereocenters. The molecule has 0 bridgehead atoms. The Hall–Kier alpha value is -3.86. The van der Waals surface area contributed by atoms with E-state index in [1.807, 2.05) is 6.07 Å². The first-order chi connectivity index (χ1) is 14.1.